The van der Waals surface area contributed by atoms with Gasteiger partial charge in [-0.15, -0.1) is 0 Å². The van der Waals surface area contributed by atoms with Gasteiger partial charge < -0.3 is 14.6 Å². The van der Waals surface area contributed by atoms with Crippen molar-refractivity contribution in [3.05, 3.63) is 58.5 Å². The van der Waals surface area contributed by atoms with Crippen molar-refractivity contribution in [3.63, 3.8) is 0 Å². The number of aryl methyl sites for hydroxylation is 2. The Hall–Kier alpha value is -2.57. The van der Waals surface area contributed by atoms with Gasteiger partial charge in [-0.1, -0.05) is 17.7 Å². The minimum absolute atomic E-state index is 0.164. The van der Waals surface area contributed by atoms with E-state index in [0.717, 1.165) is 16.8 Å². The van der Waals surface area contributed by atoms with Crippen LogP contribution < -0.4 is 10.4 Å². The molecule has 6 heteroatoms. The van der Waals surface area contributed by atoms with Gasteiger partial charge in [0.2, 0.25) is 0 Å². The van der Waals surface area contributed by atoms with Gasteiger partial charge in [-0.25, -0.2) is 4.79 Å². The fourth-order valence-corrected chi connectivity index (χ4v) is 3.07. The standard InChI is InChI=1S/C19H20N2O4/c1-13-3-5-14(6-4-13)25-15-7-8-16-17(9-15)20(2)18(22)21(16)10-19(23)11-24-12-19/h3-9,23H,10-12H2,1-2H3. The Morgan fingerprint density at radius 2 is 1.80 bits per heavy atom. The molecular weight excluding hydrogens is 320 g/mol. The third kappa shape index (κ3) is 2.83. The molecule has 0 unspecified atom stereocenters. The molecule has 0 amide bonds. The molecule has 130 valence electrons. The third-order valence-electron chi connectivity index (χ3n) is 4.57. The maximum atomic E-state index is 12.5. The van der Waals surface area contributed by atoms with E-state index < -0.39 is 5.60 Å². The Kier molecular flexibility index (Phi) is 3.67. The van der Waals surface area contributed by atoms with E-state index in [-0.39, 0.29) is 25.4 Å². The molecule has 1 fully saturated rings. The second kappa shape index (κ2) is 5.75. The van der Waals surface area contributed by atoms with Crippen LogP contribution in [0.1, 0.15) is 5.56 Å². The molecule has 1 N–H and O–H groups in total. The van der Waals surface area contributed by atoms with Gasteiger partial charge >= 0.3 is 5.69 Å². The van der Waals surface area contributed by atoms with Crippen molar-refractivity contribution in [2.24, 2.45) is 7.05 Å². The summed E-state index contributed by atoms with van der Waals surface area (Å²) >= 11 is 0. The summed E-state index contributed by atoms with van der Waals surface area (Å²) in [7, 11) is 1.72. The molecule has 1 aliphatic rings. The number of rotatable bonds is 4. The first kappa shape index (κ1) is 15.9. The highest BCUT2D eigenvalue weighted by Crippen LogP contribution is 2.27. The molecule has 0 atom stereocenters. The number of ether oxygens (including phenoxy) is 2. The molecule has 1 aliphatic heterocycles. The molecule has 25 heavy (non-hydrogen) atoms. The summed E-state index contributed by atoms with van der Waals surface area (Å²) in [5, 5.41) is 10.3. The lowest BCUT2D eigenvalue weighted by atomic mass is 10.0. The predicted octanol–water partition coefficient (Wildman–Crippen LogP) is 2.20. The molecule has 0 saturated carbocycles. The van der Waals surface area contributed by atoms with Gasteiger partial charge in [0.25, 0.3) is 0 Å². The zero-order chi connectivity index (χ0) is 17.6. The first-order valence-corrected chi connectivity index (χ1v) is 8.19. The Bertz CT molecular complexity index is 981. The van der Waals surface area contributed by atoms with E-state index >= 15 is 0 Å². The van der Waals surface area contributed by atoms with Crippen LogP contribution in [0.2, 0.25) is 0 Å². The van der Waals surface area contributed by atoms with Gasteiger partial charge in [0.1, 0.15) is 17.1 Å². The zero-order valence-electron chi connectivity index (χ0n) is 14.2. The number of fused-ring (bicyclic) bond motifs is 1. The lowest BCUT2D eigenvalue weighted by molar-refractivity contribution is -0.184. The van der Waals surface area contributed by atoms with E-state index in [1.807, 2.05) is 49.4 Å². The maximum absolute atomic E-state index is 12.5. The maximum Gasteiger partial charge on any atom is 0.328 e. The fourth-order valence-electron chi connectivity index (χ4n) is 3.07. The molecule has 2 heterocycles. The van der Waals surface area contributed by atoms with Crippen molar-refractivity contribution in [2.45, 2.75) is 19.1 Å². The van der Waals surface area contributed by atoms with Gasteiger partial charge in [0, 0.05) is 13.1 Å². The second-order valence-electron chi connectivity index (χ2n) is 6.71. The molecule has 1 aromatic heterocycles. The van der Waals surface area contributed by atoms with Crippen molar-refractivity contribution in [1.29, 1.82) is 0 Å². The number of nitrogens with zero attached hydrogens (tertiary/aromatic N) is 2. The van der Waals surface area contributed by atoms with Gasteiger partial charge in [0.15, 0.2) is 0 Å². The van der Waals surface area contributed by atoms with Crippen molar-refractivity contribution >= 4 is 11.0 Å². The van der Waals surface area contributed by atoms with E-state index in [9.17, 15) is 9.90 Å². The molecule has 0 aliphatic carbocycles. The smallest absolute Gasteiger partial charge is 0.328 e. The van der Waals surface area contributed by atoms with E-state index in [4.69, 9.17) is 9.47 Å². The molecule has 0 radical (unpaired) electrons. The van der Waals surface area contributed by atoms with Crippen LogP contribution in [0.25, 0.3) is 11.0 Å². The number of hydrogen-bond donors (Lipinski definition) is 1. The lowest BCUT2D eigenvalue weighted by Crippen LogP contribution is -2.53. The minimum atomic E-state index is -0.963. The van der Waals surface area contributed by atoms with Crippen LogP contribution in [0.3, 0.4) is 0 Å². The van der Waals surface area contributed by atoms with E-state index in [0.29, 0.717) is 5.75 Å². The Labute approximate surface area is 144 Å². The molecule has 1 saturated heterocycles. The highest BCUT2D eigenvalue weighted by molar-refractivity contribution is 5.78. The van der Waals surface area contributed by atoms with Crippen LogP contribution in [-0.4, -0.2) is 33.1 Å². The molecular formula is C19H20N2O4. The number of imidazole rings is 1. The monoisotopic (exact) mass is 340 g/mol. The topological polar surface area (TPSA) is 65.6 Å². The molecule has 3 aromatic rings. The number of aliphatic hydroxyl groups is 1. The molecule has 4 rings (SSSR count). The van der Waals surface area contributed by atoms with Crippen molar-refractivity contribution in [3.8, 4) is 11.5 Å². The number of hydrogen-bond acceptors (Lipinski definition) is 4. The number of benzene rings is 2. The lowest BCUT2D eigenvalue weighted by Gasteiger charge is -2.36. The van der Waals surface area contributed by atoms with Crippen LogP contribution >= 0.6 is 0 Å². The van der Waals surface area contributed by atoms with Crippen molar-refractivity contribution in [2.75, 3.05) is 13.2 Å². The summed E-state index contributed by atoms with van der Waals surface area (Å²) < 4.78 is 14.1. The van der Waals surface area contributed by atoms with Crippen LogP contribution in [0, 0.1) is 6.92 Å². The van der Waals surface area contributed by atoms with E-state index in [2.05, 4.69) is 0 Å². The average Bonchev–Trinajstić information content (AvgIpc) is 2.80. The Balaban J connectivity index is 1.70. The minimum Gasteiger partial charge on any atom is -0.457 e. The summed E-state index contributed by atoms with van der Waals surface area (Å²) in [6.07, 6.45) is 0. The van der Waals surface area contributed by atoms with Crippen molar-refractivity contribution in [1.82, 2.24) is 9.13 Å². The normalized spacial score (nSPS) is 16.0. The SMILES string of the molecule is Cc1ccc(Oc2ccc3c(c2)n(C)c(=O)n3CC2(O)COC2)cc1. The highest BCUT2D eigenvalue weighted by Gasteiger charge is 2.37. The summed E-state index contributed by atoms with van der Waals surface area (Å²) in [6, 6.07) is 13.3. The summed E-state index contributed by atoms with van der Waals surface area (Å²) in [6.45, 7) is 2.76. The average molecular weight is 340 g/mol. The summed E-state index contributed by atoms with van der Waals surface area (Å²) in [5.74, 6) is 1.41. The largest absolute Gasteiger partial charge is 0.457 e. The van der Waals surface area contributed by atoms with Crippen molar-refractivity contribution < 1.29 is 14.6 Å². The zero-order valence-corrected chi connectivity index (χ0v) is 14.2. The molecule has 2 aromatic carbocycles. The van der Waals surface area contributed by atoms with E-state index in [1.165, 1.54) is 5.56 Å². The van der Waals surface area contributed by atoms with Crippen LogP contribution in [0.15, 0.2) is 47.3 Å². The van der Waals surface area contributed by atoms with Crippen LogP contribution in [0.5, 0.6) is 11.5 Å². The third-order valence-corrected chi connectivity index (χ3v) is 4.57. The first-order chi connectivity index (χ1) is 12.0. The summed E-state index contributed by atoms with van der Waals surface area (Å²) in [5.41, 5.74) is 1.57. The molecule has 6 nitrogen and oxygen atoms in total. The van der Waals surface area contributed by atoms with Crippen LogP contribution in [-0.2, 0) is 18.3 Å². The molecule has 0 spiro atoms. The van der Waals surface area contributed by atoms with E-state index in [1.54, 1.807) is 16.2 Å². The summed E-state index contributed by atoms with van der Waals surface area (Å²) in [4.78, 5) is 12.5. The first-order valence-electron chi connectivity index (χ1n) is 8.19. The predicted molar refractivity (Wildman–Crippen MR) is 94.2 cm³/mol. The number of aromatic nitrogens is 2. The fraction of sp³-hybridized carbons (Fsp3) is 0.316. The van der Waals surface area contributed by atoms with Crippen LogP contribution in [0.4, 0.5) is 0 Å². The second-order valence-corrected chi connectivity index (χ2v) is 6.71. The quantitative estimate of drug-likeness (QED) is 0.791. The Morgan fingerprint density at radius 3 is 2.44 bits per heavy atom. The molecule has 0 bridgehead atoms. The van der Waals surface area contributed by atoms with Gasteiger partial charge in [-0.05, 0) is 31.2 Å². The van der Waals surface area contributed by atoms with Gasteiger partial charge in [0.05, 0.1) is 30.8 Å². The van der Waals surface area contributed by atoms with Gasteiger partial charge in [-0.3, -0.25) is 9.13 Å². The Morgan fingerprint density at radius 1 is 1.12 bits per heavy atom. The highest BCUT2D eigenvalue weighted by atomic mass is 16.5. The van der Waals surface area contributed by atoms with Gasteiger partial charge in [-0.2, -0.15) is 0 Å².